The summed E-state index contributed by atoms with van der Waals surface area (Å²) in [6, 6.07) is 0.405. The second-order valence-electron chi connectivity index (χ2n) is 8.61. The fourth-order valence-corrected chi connectivity index (χ4v) is 5.38. The van der Waals surface area contributed by atoms with Gasteiger partial charge in [-0.05, 0) is 58.3 Å². The molecule has 0 N–H and O–H groups in total. The predicted octanol–water partition coefficient (Wildman–Crippen LogP) is 4.42. The van der Waals surface area contributed by atoms with Gasteiger partial charge in [-0.25, -0.2) is 0 Å². The molecule has 0 saturated heterocycles. The van der Waals surface area contributed by atoms with Crippen molar-refractivity contribution >= 4 is 0 Å². The molecule has 2 saturated carbocycles. The minimum Gasteiger partial charge on any atom is -0.291 e. The summed E-state index contributed by atoms with van der Waals surface area (Å²) in [4.78, 5) is 13.7. The molecular weight excluding hydrogens is 288 g/mol. The van der Waals surface area contributed by atoms with Gasteiger partial charge in [0.1, 0.15) is 0 Å². The maximum absolute atomic E-state index is 11.0. The number of hydrogen-bond donors (Lipinski definition) is 0. The lowest BCUT2D eigenvalue weighted by Gasteiger charge is -2.53. The van der Waals surface area contributed by atoms with E-state index in [4.69, 9.17) is 0 Å². The van der Waals surface area contributed by atoms with Gasteiger partial charge in [0, 0.05) is 35.9 Å². The maximum atomic E-state index is 11.0. The second kappa shape index (κ2) is 6.54. The topological polar surface area (TPSA) is 46.4 Å². The Morgan fingerprint density at radius 1 is 1.17 bits per heavy atom. The highest BCUT2D eigenvalue weighted by molar-refractivity contribution is 5.21. The van der Waals surface area contributed by atoms with Crippen LogP contribution in [-0.2, 0) is 0 Å². The van der Waals surface area contributed by atoms with Crippen molar-refractivity contribution in [2.75, 3.05) is 6.54 Å². The van der Waals surface area contributed by atoms with Gasteiger partial charge >= 0.3 is 0 Å². The van der Waals surface area contributed by atoms with Crippen LogP contribution in [0.2, 0.25) is 0 Å². The SMILES string of the molecule is CC1=CC(C)(C)N(CC2CCC([N+](=O)[O-])CC2)C2CCCCC12. The summed E-state index contributed by atoms with van der Waals surface area (Å²) in [6.07, 6.45) is 11.5. The minimum atomic E-state index is -0.287. The second-order valence-corrected chi connectivity index (χ2v) is 8.61. The quantitative estimate of drug-likeness (QED) is 0.439. The summed E-state index contributed by atoms with van der Waals surface area (Å²) in [5.41, 5.74) is 1.72. The van der Waals surface area contributed by atoms with Crippen LogP contribution in [-0.4, -0.2) is 34.0 Å². The lowest BCUT2D eigenvalue weighted by atomic mass is 9.72. The Hall–Kier alpha value is -0.900. The zero-order valence-electron chi connectivity index (χ0n) is 15.0. The van der Waals surface area contributed by atoms with Gasteiger partial charge in [0.25, 0.3) is 0 Å². The average Bonchev–Trinajstić information content (AvgIpc) is 2.51. The molecule has 2 atom stereocenters. The predicted molar refractivity (Wildman–Crippen MR) is 93.0 cm³/mol. The third-order valence-corrected chi connectivity index (χ3v) is 6.61. The van der Waals surface area contributed by atoms with Gasteiger partial charge in [0.15, 0.2) is 0 Å². The molecule has 0 radical (unpaired) electrons. The van der Waals surface area contributed by atoms with E-state index in [0.717, 1.165) is 38.1 Å². The van der Waals surface area contributed by atoms with Crippen molar-refractivity contribution in [3.63, 3.8) is 0 Å². The number of hydrogen-bond acceptors (Lipinski definition) is 3. The summed E-state index contributed by atoms with van der Waals surface area (Å²) in [5, 5.41) is 11.0. The molecule has 4 heteroatoms. The van der Waals surface area contributed by atoms with Gasteiger partial charge in [0.05, 0.1) is 0 Å². The van der Waals surface area contributed by atoms with Crippen LogP contribution in [0.1, 0.15) is 72.1 Å². The summed E-state index contributed by atoms with van der Waals surface area (Å²) in [5.74, 6) is 1.38. The molecule has 2 fully saturated rings. The fourth-order valence-electron chi connectivity index (χ4n) is 5.38. The van der Waals surface area contributed by atoms with E-state index in [0.29, 0.717) is 12.0 Å². The van der Waals surface area contributed by atoms with Crippen LogP contribution in [0.3, 0.4) is 0 Å². The van der Waals surface area contributed by atoms with Crippen molar-refractivity contribution in [1.82, 2.24) is 4.90 Å². The molecular formula is C19H32N2O2. The van der Waals surface area contributed by atoms with Gasteiger partial charge in [0.2, 0.25) is 6.04 Å². The van der Waals surface area contributed by atoms with Crippen molar-refractivity contribution in [1.29, 1.82) is 0 Å². The highest BCUT2D eigenvalue weighted by Crippen LogP contribution is 2.43. The van der Waals surface area contributed by atoms with Gasteiger partial charge in [-0.1, -0.05) is 24.5 Å². The Labute approximate surface area is 140 Å². The van der Waals surface area contributed by atoms with Crippen LogP contribution >= 0.6 is 0 Å². The Kier molecular flexibility index (Phi) is 4.82. The number of nitro groups is 1. The van der Waals surface area contributed by atoms with E-state index in [1.807, 2.05) is 0 Å². The third-order valence-electron chi connectivity index (χ3n) is 6.61. The lowest BCUT2D eigenvalue weighted by molar-refractivity contribution is -0.527. The molecule has 2 unspecified atom stereocenters. The molecule has 1 heterocycles. The molecule has 1 aliphatic heterocycles. The van der Waals surface area contributed by atoms with E-state index in [9.17, 15) is 10.1 Å². The van der Waals surface area contributed by atoms with E-state index < -0.39 is 0 Å². The Morgan fingerprint density at radius 3 is 2.48 bits per heavy atom. The van der Waals surface area contributed by atoms with Crippen molar-refractivity contribution in [3.8, 4) is 0 Å². The number of nitrogens with zero attached hydrogens (tertiary/aromatic N) is 2. The first kappa shape index (κ1) is 16.9. The third kappa shape index (κ3) is 3.47. The minimum absolute atomic E-state index is 0.0652. The van der Waals surface area contributed by atoms with Gasteiger partial charge in [-0.2, -0.15) is 0 Å². The van der Waals surface area contributed by atoms with E-state index in [-0.39, 0.29) is 16.5 Å². The van der Waals surface area contributed by atoms with Crippen molar-refractivity contribution in [2.24, 2.45) is 11.8 Å². The normalized spacial score (nSPS) is 37.8. The molecule has 3 rings (SSSR count). The molecule has 0 bridgehead atoms. The van der Waals surface area contributed by atoms with E-state index in [1.54, 1.807) is 5.57 Å². The van der Waals surface area contributed by atoms with Crippen molar-refractivity contribution in [2.45, 2.75) is 89.8 Å². The molecule has 0 spiro atoms. The molecule has 0 aromatic heterocycles. The largest absolute Gasteiger partial charge is 0.291 e. The van der Waals surface area contributed by atoms with Crippen LogP contribution in [0.4, 0.5) is 0 Å². The van der Waals surface area contributed by atoms with Gasteiger partial charge in [-0.3, -0.25) is 15.0 Å². The highest BCUT2D eigenvalue weighted by Gasteiger charge is 2.43. The first-order chi connectivity index (χ1) is 10.9. The van der Waals surface area contributed by atoms with Gasteiger partial charge < -0.3 is 0 Å². The molecule has 3 aliphatic rings. The van der Waals surface area contributed by atoms with Crippen molar-refractivity contribution < 1.29 is 4.92 Å². The summed E-state index contributed by atoms with van der Waals surface area (Å²) >= 11 is 0. The standard InChI is InChI=1S/C19H32N2O2/c1-14-12-19(2,3)20(18-7-5-4-6-17(14)18)13-15-8-10-16(11-9-15)21(22)23/h12,15-18H,4-11,13H2,1-3H3. The highest BCUT2D eigenvalue weighted by atomic mass is 16.6. The monoisotopic (exact) mass is 320 g/mol. The fraction of sp³-hybridized carbons (Fsp3) is 0.895. The molecule has 4 nitrogen and oxygen atoms in total. The Bertz CT molecular complexity index is 478. The molecule has 0 amide bonds. The summed E-state index contributed by atoms with van der Waals surface area (Å²) in [6.45, 7) is 8.15. The zero-order chi connectivity index (χ0) is 16.6. The Morgan fingerprint density at radius 2 is 1.83 bits per heavy atom. The van der Waals surface area contributed by atoms with E-state index in [1.165, 1.54) is 25.7 Å². The molecule has 130 valence electrons. The van der Waals surface area contributed by atoms with Gasteiger partial charge in [-0.15, -0.1) is 0 Å². The number of fused-ring (bicyclic) bond motifs is 1. The van der Waals surface area contributed by atoms with E-state index in [2.05, 4.69) is 31.7 Å². The number of rotatable bonds is 3. The molecule has 2 aliphatic carbocycles. The zero-order valence-corrected chi connectivity index (χ0v) is 15.0. The van der Waals surface area contributed by atoms with Crippen LogP contribution in [0.15, 0.2) is 11.6 Å². The first-order valence-corrected chi connectivity index (χ1v) is 9.48. The van der Waals surface area contributed by atoms with Crippen LogP contribution in [0.25, 0.3) is 0 Å². The smallest absolute Gasteiger partial charge is 0.213 e. The van der Waals surface area contributed by atoms with Crippen LogP contribution in [0, 0.1) is 22.0 Å². The summed E-state index contributed by atoms with van der Waals surface area (Å²) < 4.78 is 0. The molecule has 23 heavy (non-hydrogen) atoms. The van der Waals surface area contributed by atoms with Crippen LogP contribution in [0.5, 0.6) is 0 Å². The average molecular weight is 320 g/mol. The maximum Gasteiger partial charge on any atom is 0.213 e. The summed E-state index contributed by atoms with van der Waals surface area (Å²) in [7, 11) is 0. The van der Waals surface area contributed by atoms with Crippen molar-refractivity contribution in [3.05, 3.63) is 21.8 Å². The molecule has 0 aromatic carbocycles. The Balaban J connectivity index is 1.69. The van der Waals surface area contributed by atoms with E-state index >= 15 is 0 Å². The first-order valence-electron chi connectivity index (χ1n) is 9.48. The lowest BCUT2D eigenvalue weighted by Crippen LogP contribution is -2.57. The van der Waals surface area contributed by atoms with Crippen LogP contribution < -0.4 is 0 Å². The molecule has 0 aromatic rings.